The van der Waals surface area contributed by atoms with Gasteiger partial charge in [-0.3, -0.25) is 9.59 Å². The second-order valence-corrected chi connectivity index (χ2v) is 12.6. The van der Waals surface area contributed by atoms with E-state index in [9.17, 15) is 9.59 Å². The van der Waals surface area contributed by atoms with Gasteiger partial charge in [-0.1, -0.05) is 25.5 Å². The molecule has 7 heterocycles. The van der Waals surface area contributed by atoms with E-state index in [0.29, 0.717) is 122 Å². The predicted octanol–water partition coefficient (Wildman–Crippen LogP) is 6.18. The van der Waals surface area contributed by atoms with Gasteiger partial charge in [-0.05, 0) is 103 Å². The highest BCUT2D eigenvalue weighted by molar-refractivity contribution is 6.04. The van der Waals surface area contributed by atoms with Gasteiger partial charge in [0.2, 0.25) is 0 Å². The normalized spacial score (nSPS) is 14.4. The summed E-state index contributed by atoms with van der Waals surface area (Å²) in [5.41, 5.74) is 2.58. The lowest BCUT2D eigenvalue weighted by Crippen LogP contribution is -2.14. The van der Waals surface area contributed by atoms with Crippen LogP contribution >= 0.6 is 0 Å². The van der Waals surface area contributed by atoms with Crippen molar-refractivity contribution in [3.8, 4) is 40.9 Å². The number of unbranched alkanes of at least 4 members (excludes halogenated alkanes) is 1. The molecule has 13 nitrogen and oxygen atoms in total. The Morgan fingerprint density at radius 1 is 0.552 bits per heavy atom. The zero-order chi connectivity index (χ0) is 40.2. The minimum atomic E-state index is -0.330. The quantitative estimate of drug-likeness (QED) is 0.159. The van der Waals surface area contributed by atoms with Crippen molar-refractivity contribution in [2.24, 2.45) is 0 Å². The molecule has 0 fully saturated rings. The molecule has 2 aromatic carbocycles. The van der Waals surface area contributed by atoms with Crippen molar-refractivity contribution >= 4 is 23.5 Å². The molecule has 0 saturated heterocycles. The van der Waals surface area contributed by atoms with Crippen LogP contribution in [0.3, 0.4) is 0 Å². The molecule has 0 unspecified atom stereocenters. The van der Waals surface area contributed by atoms with Crippen molar-refractivity contribution < 1.29 is 38.0 Å². The SMILES string of the molecule is CCCCOc1cc2nc(c1)C#Cc1cccc(n1)NC(=O)c1ccc(cc1)OCCOCCOCCOCCOc1ccc(cc1)C(=O)Nc1cccc(n1)C#C2. The summed E-state index contributed by atoms with van der Waals surface area (Å²) in [4.78, 5) is 39.7. The van der Waals surface area contributed by atoms with Gasteiger partial charge in [0.15, 0.2) is 0 Å². The first-order chi connectivity index (χ1) is 28.5. The molecule has 4 aliphatic rings. The van der Waals surface area contributed by atoms with Crippen molar-refractivity contribution in [2.75, 3.05) is 70.1 Å². The summed E-state index contributed by atoms with van der Waals surface area (Å²) >= 11 is 0. The van der Waals surface area contributed by atoms with E-state index < -0.39 is 0 Å². The fourth-order valence-corrected chi connectivity index (χ4v) is 5.22. The van der Waals surface area contributed by atoms with Crippen LogP contribution in [-0.4, -0.2) is 86.2 Å². The number of ether oxygens (including phenoxy) is 6. The van der Waals surface area contributed by atoms with E-state index in [1.807, 2.05) is 0 Å². The molecular weight excluding hydrogens is 739 g/mol. The van der Waals surface area contributed by atoms with Gasteiger partial charge < -0.3 is 39.1 Å². The number of pyridine rings is 3. The molecule has 0 saturated carbocycles. The Morgan fingerprint density at radius 2 is 0.983 bits per heavy atom. The van der Waals surface area contributed by atoms with Crippen LogP contribution in [0.1, 0.15) is 63.3 Å². The maximum atomic E-state index is 13.0. The van der Waals surface area contributed by atoms with Gasteiger partial charge in [0.1, 0.15) is 64.9 Å². The minimum Gasteiger partial charge on any atom is -0.493 e. The van der Waals surface area contributed by atoms with Crippen LogP contribution in [0.5, 0.6) is 17.2 Å². The smallest absolute Gasteiger partial charge is 0.256 e. The van der Waals surface area contributed by atoms with Crippen molar-refractivity contribution in [2.45, 2.75) is 19.8 Å². The fourth-order valence-electron chi connectivity index (χ4n) is 5.22. The van der Waals surface area contributed by atoms with Crippen molar-refractivity contribution in [1.29, 1.82) is 0 Å². The summed E-state index contributed by atoms with van der Waals surface area (Å²) in [6.07, 6.45) is 1.86. The monoisotopic (exact) mass is 781 g/mol. The number of amides is 2. The number of nitrogens with one attached hydrogen (secondary N) is 2. The van der Waals surface area contributed by atoms with Crippen LogP contribution in [0.4, 0.5) is 11.6 Å². The summed E-state index contributed by atoms with van der Waals surface area (Å²) in [5, 5.41) is 5.65. The van der Waals surface area contributed by atoms with Gasteiger partial charge in [0.25, 0.3) is 11.8 Å². The van der Waals surface area contributed by atoms with Gasteiger partial charge >= 0.3 is 0 Å². The maximum absolute atomic E-state index is 13.0. The lowest BCUT2D eigenvalue weighted by Gasteiger charge is -2.10. The molecule has 0 aliphatic carbocycles. The molecule has 4 aliphatic heterocycles. The molecule has 3 aromatic heterocycles. The number of carbonyl (C=O) groups excluding carboxylic acids is 2. The van der Waals surface area contributed by atoms with Gasteiger partial charge in [-0.15, -0.1) is 0 Å². The predicted molar refractivity (Wildman–Crippen MR) is 217 cm³/mol. The third-order valence-electron chi connectivity index (χ3n) is 8.15. The highest BCUT2D eigenvalue weighted by atomic mass is 16.6. The van der Waals surface area contributed by atoms with Crippen LogP contribution in [0.2, 0.25) is 0 Å². The third-order valence-corrected chi connectivity index (χ3v) is 8.15. The number of hydrogen-bond donors (Lipinski definition) is 2. The lowest BCUT2D eigenvalue weighted by atomic mass is 10.2. The summed E-state index contributed by atoms with van der Waals surface area (Å²) in [7, 11) is 0. The Balaban J connectivity index is 1.19. The number of benzene rings is 2. The van der Waals surface area contributed by atoms with E-state index in [1.165, 1.54) is 0 Å². The third kappa shape index (κ3) is 13.5. The van der Waals surface area contributed by atoms with Crippen LogP contribution in [0.15, 0.2) is 97.1 Å². The van der Waals surface area contributed by atoms with Crippen molar-refractivity contribution in [3.63, 3.8) is 0 Å². The highest BCUT2D eigenvalue weighted by Crippen LogP contribution is 2.17. The van der Waals surface area contributed by atoms with E-state index in [1.54, 1.807) is 97.1 Å². The van der Waals surface area contributed by atoms with Crippen LogP contribution in [-0.2, 0) is 14.2 Å². The highest BCUT2D eigenvalue weighted by Gasteiger charge is 2.10. The molecule has 296 valence electrons. The molecule has 13 heteroatoms. The van der Waals surface area contributed by atoms with Gasteiger partial charge in [0, 0.05) is 23.3 Å². The van der Waals surface area contributed by atoms with Crippen molar-refractivity contribution in [1.82, 2.24) is 15.0 Å². The first-order valence-corrected chi connectivity index (χ1v) is 19.0. The van der Waals surface area contributed by atoms with Gasteiger partial charge in [-0.2, -0.15) is 0 Å². The zero-order valence-electron chi connectivity index (χ0n) is 32.1. The number of nitrogens with zero attached hydrogens (tertiary/aromatic N) is 3. The topological polar surface area (TPSA) is 152 Å². The Bertz CT molecular complexity index is 2110. The molecule has 2 amide bonds. The first kappa shape index (κ1) is 40.9. The molecule has 0 radical (unpaired) electrons. The molecule has 0 spiro atoms. The molecule has 0 atom stereocenters. The van der Waals surface area contributed by atoms with E-state index in [0.717, 1.165) is 12.8 Å². The molecule has 2 N–H and O–H groups in total. The maximum Gasteiger partial charge on any atom is 0.256 e. The summed E-state index contributed by atoms with van der Waals surface area (Å²) in [5.74, 6) is 14.0. The second kappa shape index (κ2) is 22.1. The minimum absolute atomic E-state index is 0.330. The first-order valence-electron chi connectivity index (χ1n) is 19.0. The number of carbonyl (C=O) groups is 2. The van der Waals surface area contributed by atoms with Crippen molar-refractivity contribution in [3.05, 3.63) is 131 Å². The standard InChI is InChI=1S/C45H43N5O8/c1-2-3-22-56-41-31-37-16-14-35-6-4-8-42(47-35)49-44(51)33-10-18-39(19-11-33)57-29-27-54-25-23-53-24-26-55-28-30-58-40-20-12-34(13-21-40)45(52)50-43-9-5-7-36(48-43)15-17-38(32-41)46-37/h4-13,18-21,31-32H,2-3,22-30H2,1H3,(H,47,49,51)(H,48,50,52). The largest absolute Gasteiger partial charge is 0.493 e. The summed E-state index contributed by atoms with van der Waals surface area (Å²) < 4.78 is 34.2. The van der Waals surface area contributed by atoms with Crippen LogP contribution in [0.25, 0.3) is 0 Å². The summed E-state index contributed by atoms with van der Waals surface area (Å²) in [6, 6.07) is 27.5. The second-order valence-electron chi connectivity index (χ2n) is 12.6. The molecule has 5 aromatic rings. The van der Waals surface area contributed by atoms with Crippen LogP contribution in [0, 0.1) is 23.7 Å². The number of anilines is 2. The molecular formula is C45H43N5O8. The Hall–Kier alpha value is -6.77. The molecule has 10 bridgehead atoms. The Morgan fingerprint density at radius 3 is 1.43 bits per heavy atom. The number of aromatic nitrogens is 3. The summed E-state index contributed by atoms with van der Waals surface area (Å²) in [6.45, 7) is 5.73. The molecule has 58 heavy (non-hydrogen) atoms. The van der Waals surface area contributed by atoms with E-state index >= 15 is 0 Å². The van der Waals surface area contributed by atoms with E-state index in [2.05, 4.69) is 56.2 Å². The number of rotatable bonds is 4. The average Bonchev–Trinajstić information content (AvgIpc) is 3.24. The van der Waals surface area contributed by atoms with E-state index in [-0.39, 0.29) is 11.8 Å². The average molecular weight is 782 g/mol. The zero-order valence-corrected chi connectivity index (χ0v) is 32.1. The van der Waals surface area contributed by atoms with Gasteiger partial charge in [-0.25, -0.2) is 15.0 Å². The molecule has 9 rings (SSSR count). The number of hydrogen-bond acceptors (Lipinski definition) is 11. The lowest BCUT2D eigenvalue weighted by molar-refractivity contribution is 0.00499. The fraction of sp³-hybridized carbons (Fsp3) is 0.267. The Kier molecular flexibility index (Phi) is 15.6. The van der Waals surface area contributed by atoms with Gasteiger partial charge in [0.05, 0.1) is 46.2 Å². The Labute approximate surface area is 337 Å². The van der Waals surface area contributed by atoms with Crippen LogP contribution < -0.4 is 24.8 Å². The van der Waals surface area contributed by atoms with E-state index in [4.69, 9.17) is 28.4 Å².